The molecule has 0 heterocycles. The van der Waals surface area contributed by atoms with E-state index in [0.29, 0.717) is 16.6 Å². The highest BCUT2D eigenvalue weighted by atomic mass is 35.5. The van der Waals surface area contributed by atoms with Crippen LogP contribution < -0.4 is 5.32 Å². The van der Waals surface area contributed by atoms with Crippen molar-refractivity contribution in [2.45, 2.75) is 25.8 Å². The summed E-state index contributed by atoms with van der Waals surface area (Å²) in [6, 6.07) is 4.88. The van der Waals surface area contributed by atoms with Crippen molar-refractivity contribution in [1.29, 1.82) is 0 Å². The van der Waals surface area contributed by atoms with Gasteiger partial charge in [-0.3, -0.25) is 4.79 Å². The van der Waals surface area contributed by atoms with Gasteiger partial charge in [-0.1, -0.05) is 29.3 Å². The number of hydrogen-bond acceptors (Lipinski definition) is 2. The number of halogens is 2. The lowest BCUT2D eigenvalue weighted by atomic mass is 10.1. The largest absolute Gasteiger partial charge is 0.480 e. The van der Waals surface area contributed by atoms with Crippen LogP contribution in [0.4, 0.5) is 0 Å². The number of carboxylic acids is 1. The maximum absolute atomic E-state index is 10.6. The van der Waals surface area contributed by atoms with Gasteiger partial charge in [0.15, 0.2) is 0 Å². The lowest BCUT2D eigenvalue weighted by Gasteiger charge is -2.10. The molecule has 0 aliphatic rings. The molecule has 1 aromatic carbocycles. The van der Waals surface area contributed by atoms with Crippen LogP contribution >= 0.6 is 23.2 Å². The molecule has 0 unspecified atom stereocenters. The van der Waals surface area contributed by atoms with Gasteiger partial charge >= 0.3 is 5.97 Å². The second-order valence-electron chi connectivity index (χ2n) is 3.82. The molecular formula is C12H15Cl2NO2. The first-order valence-electron chi connectivity index (χ1n) is 5.41. The molecular weight excluding hydrogens is 261 g/mol. The molecule has 0 saturated heterocycles. The third-order valence-corrected chi connectivity index (χ3v) is 3.19. The fourth-order valence-electron chi connectivity index (χ4n) is 1.44. The Morgan fingerprint density at radius 1 is 1.41 bits per heavy atom. The average Bonchev–Trinajstić information content (AvgIpc) is 2.27. The number of rotatable bonds is 6. The summed E-state index contributed by atoms with van der Waals surface area (Å²) >= 11 is 12.0. The highest BCUT2D eigenvalue weighted by Crippen LogP contribution is 2.25. The summed E-state index contributed by atoms with van der Waals surface area (Å²) in [6.45, 7) is 2.24. The monoisotopic (exact) mass is 275 g/mol. The number of carbonyl (C=O) groups is 1. The van der Waals surface area contributed by atoms with Crippen LogP contribution in [0, 0.1) is 0 Å². The zero-order valence-corrected chi connectivity index (χ0v) is 11.1. The minimum absolute atomic E-state index is 0.531. The molecule has 0 spiro atoms. The van der Waals surface area contributed by atoms with Gasteiger partial charge < -0.3 is 10.4 Å². The fourth-order valence-corrected chi connectivity index (χ4v) is 2.03. The van der Waals surface area contributed by atoms with Crippen LogP contribution in [-0.2, 0) is 11.2 Å². The summed E-state index contributed by atoms with van der Waals surface area (Å²) in [5.74, 6) is -0.847. The fraction of sp³-hybridized carbons (Fsp3) is 0.417. The summed E-state index contributed by atoms with van der Waals surface area (Å²) in [7, 11) is 0. The van der Waals surface area contributed by atoms with E-state index in [1.54, 1.807) is 25.1 Å². The normalized spacial score (nSPS) is 12.4. The number of hydrogen-bond donors (Lipinski definition) is 2. The number of benzene rings is 1. The summed E-state index contributed by atoms with van der Waals surface area (Å²) in [4.78, 5) is 10.6. The van der Waals surface area contributed by atoms with Crippen LogP contribution in [0.15, 0.2) is 18.2 Å². The second kappa shape index (κ2) is 6.84. The van der Waals surface area contributed by atoms with Crippen molar-refractivity contribution in [2.24, 2.45) is 0 Å². The molecule has 1 aromatic rings. The van der Waals surface area contributed by atoms with E-state index in [9.17, 15) is 4.79 Å². The molecule has 0 aliphatic heterocycles. The number of nitrogens with one attached hydrogen (secondary N) is 1. The molecule has 5 heteroatoms. The molecule has 0 bridgehead atoms. The predicted octanol–water partition coefficient (Wildman–Crippen LogP) is 2.99. The van der Waals surface area contributed by atoms with Crippen molar-refractivity contribution in [3.63, 3.8) is 0 Å². The SMILES string of the molecule is C[C@H](NCCCc1c(Cl)cccc1Cl)C(=O)O. The van der Waals surface area contributed by atoms with Gasteiger partial charge in [0.05, 0.1) is 0 Å². The Morgan fingerprint density at radius 2 is 2.00 bits per heavy atom. The predicted molar refractivity (Wildman–Crippen MR) is 69.9 cm³/mol. The molecule has 0 aliphatic carbocycles. The van der Waals surface area contributed by atoms with E-state index in [-0.39, 0.29) is 0 Å². The Balaban J connectivity index is 2.39. The standard InChI is InChI=1S/C12H15Cl2NO2/c1-8(12(16)17)15-7-3-4-9-10(13)5-2-6-11(9)14/h2,5-6,8,15H,3-4,7H2,1H3,(H,16,17)/t8-/m0/s1. The van der Waals surface area contributed by atoms with E-state index in [0.717, 1.165) is 18.4 Å². The smallest absolute Gasteiger partial charge is 0.320 e. The molecule has 0 fully saturated rings. The van der Waals surface area contributed by atoms with Gasteiger partial charge in [0.1, 0.15) is 6.04 Å². The summed E-state index contributed by atoms with van der Waals surface area (Å²) in [5, 5.41) is 12.9. The van der Waals surface area contributed by atoms with E-state index in [1.165, 1.54) is 0 Å². The lowest BCUT2D eigenvalue weighted by molar-refractivity contribution is -0.138. The van der Waals surface area contributed by atoms with Gasteiger partial charge in [-0.25, -0.2) is 0 Å². The van der Waals surface area contributed by atoms with Gasteiger partial charge in [-0.2, -0.15) is 0 Å². The van der Waals surface area contributed by atoms with Crippen molar-refractivity contribution < 1.29 is 9.90 Å². The topological polar surface area (TPSA) is 49.3 Å². The molecule has 1 rings (SSSR count). The number of aliphatic carboxylic acids is 1. The zero-order valence-electron chi connectivity index (χ0n) is 9.54. The summed E-state index contributed by atoms with van der Waals surface area (Å²) < 4.78 is 0. The molecule has 94 valence electrons. The molecule has 0 radical (unpaired) electrons. The van der Waals surface area contributed by atoms with Crippen molar-refractivity contribution in [3.8, 4) is 0 Å². The quantitative estimate of drug-likeness (QED) is 0.785. The van der Waals surface area contributed by atoms with Crippen LogP contribution in [0.25, 0.3) is 0 Å². The average molecular weight is 276 g/mol. The first kappa shape index (κ1) is 14.3. The molecule has 0 amide bonds. The van der Waals surface area contributed by atoms with Gasteiger partial charge in [-0.15, -0.1) is 0 Å². The van der Waals surface area contributed by atoms with E-state index in [4.69, 9.17) is 28.3 Å². The highest BCUT2D eigenvalue weighted by molar-refractivity contribution is 6.35. The number of carboxylic acid groups (broad SMARTS) is 1. The highest BCUT2D eigenvalue weighted by Gasteiger charge is 2.09. The molecule has 2 N–H and O–H groups in total. The first-order valence-corrected chi connectivity index (χ1v) is 6.17. The van der Waals surface area contributed by atoms with Crippen LogP contribution in [0.3, 0.4) is 0 Å². The Hall–Kier alpha value is -0.770. The third kappa shape index (κ3) is 4.54. The summed E-state index contributed by atoms with van der Waals surface area (Å²) in [5.41, 5.74) is 0.917. The van der Waals surface area contributed by atoms with Crippen LogP contribution in [-0.4, -0.2) is 23.7 Å². The molecule has 1 atom stereocenters. The van der Waals surface area contributed by atoms with E-state index in [1.807, 2.05) is 0 Å². The molecule has 0 saturated carbocycles. The van der Waals surface area contributed by atoms with Gasteiger partial charge in [0.25, 0.3) is 0 Å². The maximum Gasteiger partial charge on any atom is 0.320 e. The Morgan fingerprint density at radius 3 is 2.53 bits per heavy atom. The third-order valence-electron chi connectivity index (χ3n) is 2.49. The van der Waals surface area contributed by atoms with E-state index in [2.05, 4.69) is 5.32 Å². The Kier molecular flexibility index (Phi) is 5.75. The van der Waals surface area contributed by atoms with E-state index >= 15 is 0 Å². The van der Waals surface area contributed by atoms with Crippen LogP contribution in [0.1, 0.15) is 18.9 Å². The van der Waals surface area contributed by atoms with Crippen molar-refractivity contribution in [2.75, 3.05) is 6.54 Å². The lowest BCUT2D eigenvalue weighted by Crippen LogP contribution is -2.34. The molecule has 0 aromatic heterocycles. The first-order chi connectivity index (χ1) is 8.02. The molecule has 3 nitrogen and oxygen atoms in total. The van der Waals surface area contributed by atoms with Gasteiger partial charge in [0, 0.05) is 10.0 Å². The second-order valence-corrected chi connectivity index (χ2v) is 4.63. The summed E-state index contributed by atoms with van der Waals surface area (Å²) in [6.07, 6.45) is 1.53. The minimum atomic E-state index is -0.847. The van der Waals surface area contributed by atoms with Crippen LogP contribution in [0.5, 0.6) is 0 Å². The Bertz CT molecular complexity index is 376. The molecule has 17 heavy (non-hydrogen) atoms. The van der Waals surface area contributed by atoms with Crippen molar-refractivity contribution >= 4 is 29.2 Å². The zero-order chi connectivity index (χ0) is 12.8. The van der Waals surface area contributed by atoms with Gasteiger partial charge in [-0.05, 0) is 44.0 Å². The van der Waals surface area contributed by atoms with Gasteiger partial charge in [0.2, 0.25) is 0 Å². The van der Waals surface area contributed by atoms with Crippen molar-refractivity contribution in [1.82, 2.24) is 5.32 Å². The maximum atomic E-state index is 10.6. The van der Waals surface area contributed by atoms with Crippen LogP contribution in [0.2, 0.25) is 10.0 Å². The Labute approximate surface area is 111 Å². The van der Waals surface area contributed by atoms with Crippen molar-refractivity contribution in [3.05, 3.63) is 33.8 Å². The van der Waals surface area contributed by atoms with E-state index < -0.39 is 12.0 Å². The minimum Gasteiger partial charge on any atom is -0.480 e.